The van der Waals surface area contributed by atoms with E-state index in [4.69, 9.17) is 5.73 Å². The predicted octanol–water partition coefficient (Wildman–Crippen LogP) is 1.60. The summed E-state index contributed by atoms with van der Waals surface area (Å²) in [5.74, 6) is -0.162. The molecule has 4 heteroatoms. The van der Waals surface area contributed by atoms with Crippen LogP contribution in [0.25, 0.3) is 0 Å². The van der Waals surface area contributed by atoms with Gasteiger partial charge in [0.05, 0.1) is 0 Å². The number of hydrogen-bond donors (Lipinski definition) is 2. The highest BCUT2D eigenvalue weighted by molar-refractivity contribution is 5.92. The van der Waals surface area contributed by atoms with E-state index in [1.165, 1.54) is 17.7 Å². The lowest BCUT2D eigenvalue weighted by atomic mass is 10.0. The van der Waals surface area contributed by atoms with Gasteiger partial charge in [0.15, 0.2) is 0 Å². The molecule has 4 nitrogen and oxygen atoms in total. The molecule has 1 aromatic carbocycles. The van der Waals surface area contributed by atoms with Gasteiger partial charge in [0.25, 0.3) is 0 Å². The number of amides is 1. The van der Waals surface area contributed by atoms with E-state index in [1.54, 1.807) is 0 Å². The Morgan fingerprint density at radius 3 is 3.06 bits per heavy atom. The maximum atomic E-state index is 11.8. The molecule has 1 unspecified atom stereocenters. The maximum Gasteiger partial charge on any atom is 0.228 e. The van der Waals surface area contributed by atoms with Gasteiger partial charge in [0.2, 0.25) is 5.91 Å². The van der Waals surface area contributed by atoms with Crippen molar-refractivity contribution in [3.8, 4) is 0 Å². The van der Waals surface area contributed by atoms with Crippen LogP contribution >= 0.6 is 0 Å². The van der Waals surface area contributed by atoms with Crippen LogP contribution in [0.2, 0.25) is 0 Å². The lowest BCUT2D eigenvalue weighted by Crippen LogP contribution is -2.27. The van der Waals surface area contributed by atoms with E-state index in [1.807, 2.05) is 13.0 Å². The van der Waals surface area contributed by atoms with Crippen LogP contribution in [0, 0.1) is 5.92 Å². The topological polar surface area (TPSA) is 58.4 Å². The summed E-state index contributed by atoms with van der Waals surface area (Å²) in [6, 6.07) is 6.12. The molecule has 1 aliphatic heterocycles. The summed E-state index contributed by atoms with van der Waals surface area (Å²) in [7, 11) is 2.10. The Morgan fingerprint density at radius 1 is 1.56 bits per heavy atom. The van der Waals surface area contributed by atoms with E-state index in [-0.39, 0.29) is 11.8 Å². The van der Waals surface area contributed by atoms with E-state index < -0.39 is 0 Å². The normalized spacial score (nSPS) is 16.1. The third-order valence-electron chi connectivity index (χ3n) is 3.50. The number of fused-ring (bicyclic) bond motifs is 1. The molecular formula is C14H21N3O. The molecule has 1 atom stereocenters. The average Bonchev–Trinajstić information content (AvgIpc) is 2.38. The Balaban J connectivity index is 2.14. The van der Waals surface area contributed by atoms with Crippen molar-refractivity contribution >= 4 is 17.3 Å². The number of carbonyl (C=O) groups excluding carboxylic acids is 1. The van der Waals surface area contributed by atoms with Crippen molar-refractivity contribution in [3.63, 3.8) is 0 Å². The molecule has 0 spiro atoms. The van der Waals surface area contributed by atoms with Crippen molar-refractivity contribution < 1.29 is 4.79 Å². The summed E-state index contributed by atoms with van der Waals surface area (Å²) in [5.41, 5.74) is 8.93. The van der Waals surface area contributed by atoms with Crippen molar-refractivity contribution in [2.24, 2.45) is 11.7 Å². The van der Waals surface area contributed by atoms with Gasteiger partial charge in [-0.2, -0.15) is 0 Å². The van der Waals surface area contributed by atoms with Gasteiger partial charge in [0, 0.05) is 37.4 Å². The number of nitrogens with zero attached hydrogens (tertiary/aromatic N) is 1. The van der Waals surface area contributed by atoms with Gasteiger partial charge in [-0.25, -0.2) is 0 Å². The average molecular weight is 247 g/mol. The Hall–Kier alpha value is -1.55. The largest absolute Gasteiger partial charge is 0.374 e. The number of carbonyl (C=O) groups is 1. The summed E-state index contributed by atoms with van der Waals surface area (Å²) in [6.45, 7) is 3.31. The zero-order chi connectivity index (χ0) is 13.1. The van der Waals surface area contributed by atoms with E-state index in [0.717, 1.165) is 18.7 Å². The number of aryl methyl sites for hydroxylation is 1. The van der Waals surface area contributed by atoms with Crippen molar-refractivity contribution in [2.45, 2.75) is 19.8 Å². The third kappa shape index (κ3) is 2.64. The van der Waals surface area contributed by atoms with Crippen molar-refractivity contribution in [1.29, 1.82) is 0 Å². The van der Waals surface area contributed by atoms with E-state index >= 15 is 0 Å². The van der Waals surface area contributed by atoms with Crippen LogP contribution in [0.3, 0.4) is 0 Å². The molecule has 1 heterocycles. The van der Waals surface area contributed by atoms with E-state index in [9.17, 15) is 4.79 Å². The number of anilines is 2. The SMILES string of the molecule is CC(CN)C(=O)Nc1ccc2c(c1)CCCN2C. The molecule has 0 saturated heterocycles. The highest BCUT2D eigenvalue weighted by Gasteiger charge is 2.15. The number of nitrogens with one attached hydrogen (secondary N) is 1. The molecule has 18 heavy (non-hydrogen) atoms. The summed E-state index contributed by atoms with van der Waals surface area (Å²) < 4.78 is 0. The van der Waals surface area contributed by atoms with Crippen LogP contribution in [0.5, 0.6) is 0 Å². The van der Waals surface area contributed by atoms with Crippen LogP contribution in [-0.2, 0) is 11.2 Å². The first-order valence-electron chi connectivity index (χ1n) is 6.47. The van der Waals surface area contributed by atoms with Gasteiger partial charge in [-0.1, -0.05) is 6.92 Å². The second-order valence-electron chi connectivity index (χ2n) is 4.99. The Labute approximate surface area is 108 Å². The number of hydrogen-bond acceptors (Lipinski definition) is 3. The lowest BCUT2D eigenvalue weighted by Gasteiger charge is -2.28. The summed E-state index contributed by atoms with van der Waals surface area (Å²) in [6.07, 6.45) is 2.25. The molecule has 2 rings (SSSR count). The van der Waals surface area contributed by atoms with Crippen molar-refractivity contribution in [1.82, 2.24) is 0 Å². The Morgan fingerprint density at radius 2 is 2.33 bits per heavy atom. The molecule has 0 fully saturated rings. The number of rotatable bonds is 3. The summed E-state index contributed by atoms with van der Waals surface area (Å²) in [4.78, 5) is 14.0. The van der Waals surface area contributed by atoms with Crippen LogP contribution in [0.1, 0.15) is 18.9 Å². The number of nitrogens with two attached hydrogens (primary N) is 1. The minimum atomic E-state index is -0.149. The van der Waals surface area contributed by atoms with Crippen LogP contribution in [-0.4, -0.2) is 26.0 Å². The fraction of sp³-hybridized carbons (Fsp3) is 0.500. The van der Waals surface area contributed by atoms with Crippen LogP contribution in [0.4, 0.5) is 11.4 Å². The maximum absolute atomic E-state index is 11.8. The smallest absolute Gasteiger partial charge is 0.228 e. The predicted molar refractivity (Wildman–Crippen MR) is 74.9 cm³/mol. The monoisotopic (exact) mass is 247 g/mol. The fourth-order valence-corrected chi connectivity index (χ4v) is 2.24. The number of benzene rings is 1. The molecule has 0 radical (unpaired) electrons. The van der Waals surface area contributed by atoms with Gasteiger partial charge < -0.3 is 16.0 Å². The zero-order valence-corrected chi connectivity index (χ0v) is 11.1. The minimum absolute atomic E-state index is 0.0124. The first-order valence-corrected chi connectivity index (χ1v) is 6.47. The highest BCUT2D eigenvalue weighted by Crippen LogP contribution is 2.28. The molecule has 1 amide bonds. The molecule has 98 valence electrons. The highest BCUT2D eigenvalue weighted by atomic mass is 16.1. The fourth-order valence-electron chi connectivity index (χ4n) is 2.24. The first kappa shape index (κ1) is 12.9. The molecular weight excluding hydrogens is 226 g/mol. The van der Waals surface area contributed by atoms with E-state index in [2.05, 4.69) is 29.4 Å². The Kier molecular flexibility index (Phi) is 3.87. The zero-order valence-electron chi connectivity index (χ0n) is 11.1. The summed E-state index contributed by atoms with van der Waals surface area (Å²) >= 11 is 0. The molecule has 3 N–H and O–H groups in total. The van der Waals surface area contributed by atoms with Crippen LogP contribution in [0.15, 0.2) is 18.2 Å². The first-order chi connectivity index (χ1) is 8.61. The second kappa shape index (κ2) is 5.40. The van der Waals surface area contributed by atoms with Gasteiger partial charge in [-0.15, -0.1) is 0 Å². The lowest BCUT2D eigenvalue weighted by molar-refractivity contribution is -0.119. The van der Waals surface area contributed by atoms with Gasteiger partial charge in [-0.3, -0.25) is 4.79 Å². The molecule has 1 aromatic rings. The molecule has 1 aliphatic rings. The third-order valence-corrected chi connectivity index (χ3v) is 3.50. The van der Waals surface area contributed by atoms with Crippen molar-refractivity contribution in [2.75, 3.05) is 30.4 Å². The summed E-state index contributed by atoms with van der Waals surface area (Å²) in [5, 5.41) is 2.92. The van der Waals surface area contributed by atoms with Crippen molar-refractivity contribution in [3.05, 3.63) is 23.8 Å². The minimum Gasteiger partial charge on any atom is -0.374 e. The second-order valence-corrected chi connectivity index (χ2v) is 4.99. The molecule has 0 aromatic heterocycles. The van der Waals surface area contributed by atoms with Gasteiger partial charge in [-0.05, 0) is 36.6 Å². The molecule has 0 aliphatic carbocycles. The Bertz CT molecular complexity index is 445. The van der Waals surface area contributed by atoms with E-state index in [0.29, 0.717) is 6.54 Å². The standard InChI is InChI=1S/C14H21N3O/c1-10(9-15)14(18)16-12-5-6-13-11(8-12)4-3-7-17(13)2/h5-6,8,10H,3-4,7,9,15H2,1-2H3,(H,16,18). The molecule has 0 bridgehead atoms. The van der Waals surface area contributed by atoms with Gasteiger partial charge >= 0.3 is 0 Å². The van der Waals surface area contributed by atoms with Crippen LogP contribution < -0.4 is 16.0 Å². The quantitative estimate of drug-likeness (QED) is 0.853. The molecule has 0 saturated carbocycles. The van der Waals surface area contributed by atoms with Gasteiger partial charge in [0.1, 0.15) is 0 Å².